The number of hydrogen-bond acceptors (Lipinski definition) is 2. The van der Waals surface area contributed by atoms with E-state index in [1.165, 1.54) is 4.90 Å². The Morgan fingerprint density at radius 2 is 1.83 bits per heavy atom. The highest BCUT2D eigenvalue weighted by molar-refractivity contribution is 9.10. The lowest BCUT2D eigenvalue weighted by Gasteiger charge is -2.32. The van der Waals surface area contributed by atoms with Crippen LogP contribution in [0.4, 0.5) is 13.2 Å². The van der Waals surface area contributed by atoms with Gasteiger partial charge in [0.15, 0.2) is 0 Å². The van der Waals surface area contributed by atoms with Crippen molar-refractivity contribution in [3.63, 3.8) is 0 Å². The van der Waals surface area contributed by atoms with Crippen molar-refractivity contribution in [3.8, 4) is 0 Å². The summed E-state index contributed by atoms with van der Waals surface area (Å²) < 4.78 is 38.4. The quantitative estimate of drug-likeness (QED) is 0.735. The van der Waals surface area contributed by atoms with Crippen molar-refractivity contribution in [3.05, 3.63) is 34.3 Å². The summed E-state index contributed by atoms with van der Waals surface area (Å²) in [5.74, 6) is -0.163. The summed E-state index contributed by atoms with van der Waals surface area (Å²) in [6, 6.07) is 6.94. The molecule has 0 aliphatic heterocycles. The van der Waals surface area contributed by atoms with E-state index >= 15 is 0 Å². The number of halogens is 5. The van der Waals surface area contributed by atoms with E-state index in [9.17, 15) is 18.0 Å². The van der Waals surface area contributed by atoms with Gasteiger partial charge in [-0.05, 0) is 43.4 Å². The van der Waals surface area contributed by atoms with Crippen molar-refractivity contribution in [2.75, 3.05) is 13.1 Å². The summed E-state index contributed by atoms with van der Waals surface area (Å²) in [6.45, 7) is 1.55. The molecule has 1 atom stereocenters. The van der Waals surface area contributed by atoms with Crippen LogP contribution in [0.1, 0.15) is 31.7 Å². The lowest BCUT2D eigenvalue weighted by atomic mass is 9.91. The summed E-state index contributed by atoms with van der Waals surface area (Å²) in [6.07, 6.45) is -3.39. The summed E-state index contributed by atoms with van der Waals surface area (Å²) in [7, 11) is 0. The number of carbonyl (C=O) groups excluding carboxylic acids is 1. The average molecular weight is 430 g/mol. The Balaban J connectivity index is 0.00000288. The van der Waals surface area contributed by atoms with Gasteiger partial charge in [-0.1, -0.05) is 28.1 Å². The van der Waals surface area contributed by atoms with Crippen LogP contribution in [0.3, 0.4) is 0 Å². The molecule has 0 radical (unpaired) electrons. The van der Waals surface area contributed by atoms with Gasteiger partial charge in [-0.15, -0.1) is 12.4 Å². The number of amides is 1. The lowest BCUT2D eigenvalue weighted by molar-refractivity contribution is -0.148. The van der Waals surface area contributed by atoms with E-state index in [0.29, 0.717) is 18.0 Å². The lowest BCUT2D eigenvalue weighted by Crippen LogP contribution is -2.52. The minimum absolute atomic E-state index is 0. The molecule has 1 amide bonds. The third-order valence-corrected chi connectivity index (χ3v) is 4.54. The highest BCUT2D eigenvalue weighted by Crippen LogP contribution is 2.32. The van der Waals surface area contributed by atoms with E-state index in [4.69, 9.17) is 5.73 Å². The highest BCUT2D eigenvalue weighted by atomic mass is 79.9. The minimum atomic E-state index is -4.29. The van der Waals surface area contributed by atoms with Crippen LogP contribution in [-0.2, 0) is 10.3 Å². The molecule has 1 aromatic rings. The van der Waals surface area contributed by atoms with Crippen molar-refractivity contribution in [2.45, 2.75) is 37.9 Å². The van der Waals surface area contributed by atoms with E-state index in [-0.39, 0.29) is 19.0 Å². The molecule has 8 heteroatoms. The van der Waals surface area contributed by atoms with E-state index in [0.717, 1.165) is 17.3 Å². The first kappa shape index (κ1) is 21.3. The van der Waals surface area contributed by atoms with Gasteiger partial charge in [0.1, 0.15) is 5.54 Å². The normalized spacial score (nSPS) is 16.9. The second-order valence-corrected chi connectivity index (χ2v) is 7.18. The highest BCUT2D eigenvalue weighted by Gasteiger charge is 2.38. The summed E-state index contributed by atoms with van der Waals surface area (Å²) in [5, 5.41) is 0. The van der Waals surface area contributed by atoms with Crippen molar-refractivity contribution >= 4 is 34.2 Å². The van der Waals surface area contributed by atoms with Crippen molar-refractivity contribution in [1.82, 2.24) is 4.90 Å². The molecule has 1 aliphatic rings. The van der Waals surface area contributed by atoms with Crippen LogP contribution in [-0.4, -0.2) is 30.1 Å². The molecule has 0 aromatic heterocycles. The van der Waals surface area contributed by atoms with Gasteiger partial charge in [0, 0.05) is 17.6 Å². The van der Waals surface area contributed by atoms with E-state index in [2.05, 4.69) is 15.9 Å². The molecule has 136 valence electrons. The maximum absolute atomic E-state index is 12.8. The largest absolute Gasteiger partial charge is 0.390 e. The van der Waals surface area contributed by atoms with Crippen molar-refractivity contribution in [1.29, 1.82) is 0 Å². The van der Waals surface area contributed by atoms with Gasteiger partial charge in [0.05, 0.1) is 6.42 Å². The number of rotatable bonds is 6. The zero-order valence-corrected chi connectivity index (χ0v) is 15.7. The molecule has 3 nitrogen and oxygen atoms in total. The molecule has 2 N–H and O–H groups in total. The van der Waals surface area contributed by atoms with Crippen LogP contribution in [0.2, 0.25) is 0 Å². The summed E-state index contributed by atoms with van der Waals surface area (Å²) >= 11 is 3.30. The van der Waals surface area contributed by atoms with Crippen LogP contribution < -0.4 is 5.73 Å². The van der Waals surface area contributed by atoms with Crippen LogP contribution in [0.25, 0.3) is 0 Å². The first-order valence-corrected chi connectivity index (χ1v) is 8.30. The predicted molar refractivity (Wildman–Crippen MR) is 92.9 cm³/mol. The number of alkyl halides is 3. The van der Waals surface area contributed by atoms with Crippen LogP contribution in [0.15, 0.2) is 28.7 Å². The molecule has 1 aliphatic carbocycles. The molecule has 1 fully saturated rings. The smallest absolute Gasteiger partial charge is 0.340 e. The predicted octanol–water partition coefficient (Wildman–Crippen LogP) is 4.24. The van der Waals surface area contributed by atoms with Gasteiger partial charge >= 0.3 is 6.18 Å². The number of nitrogens with two attached hydrogens (primary N) is 1. The van der Waals surface area contributed by atoms with Gasteiger partial charge in [0.25, 0.3) is 0 Å². The summed E-state index contributed by atoms with van der Waals surface area (Å²) in [5.41, 5.74) is 5.42. The van der Waals surface area contributed by atoms with E-state index < -0.39 is 24.0 Å². The fraction of sp³-hybridized carbons (Fsp3) is 0.562. The van der Waals surface area contributed by atoms with E-state index in [1.807, 2.05) is 0 Å². The molecule has 1 unspecified atom stereocenters. The Labute approximate surface area is 154 Å². The Morgan fingerprint density at radius 3 is 2.29 bits per heavy atom. The van der Waals surface area contributed by atoms with Crippen molar-refractivity contribution < 1.29 is 18.0 Å². The second-order valence-electron chi connectivity index (χ2n) is 6.27. The fourth-order valence-corrected chi connectivity index (χ4v) is 2.66. The molecule has 0 spiro atoms. The molecule has 0 bridgehead atoms. The maximum atomic E-state index is 12.8. The topological polar surface area (TPSA) is 46.3 Å². The average Bonchev–Trinajstić information content (AvgIpc) is 3.26. The van der Waals surface area contributed by atoms with E-state index in [1.54, 1.807) is 31.2 Å². The standard InChI is InChI=1S/C16H20BrF3N2O.ClH/c1-15(21,12-4-6-13(17)7-5-12)14(23)22(10-11-2-3-11)9-8-16(18,19)20;/h4-7,11H,2-3,8-10,21H2,1H3;1H. The minimum Gasteiger partial charge on any atom is -0.340 e. The number of hydrogen-bond donors (Lipinski definition) is 1. The Morgan fingerprint density at radius 1 is 1.29 bits per heavy atom. The molecule has 0 heterocycles. The Kier molecular flexibility index (Phi) is 7.14. The molecule has 0 saturated heterocycles. The monoisotopic (exact) mass is 428 g/mol. The van der Waals surface area contributed by atoms with Gasteiger partial charge in [-0.25, -0.2) is 0 Å². The van der Waals surface area contributed by atoms with Crippen molar-refractivity contribution in [2.24, 2.45) is 11.7 Å². The van der Waals surface area contributed by atoms with Crippen LogP contribution in [0, 0.1) is 5.92 Å². The molecule has 1 saturated carbocycles. The molecule has 2 rings (SSSR count). The zero-order chi connectivity index (χ0) is 17.3. The Bertz CT molecular complexity index is 559. The van der Waals surface area contributed by atoms with Crippen LogP contribution in [0.5, 0.6) is 0 Å². The SMILES string of the molecule is CC(N)(C(=O)N(CCC(F)(F)F)CC1CC1)c1ccc(Br)cc1.Cl. The third-order valence-electron chi connectivity index (χ3n) is 4.02. The Hall–Kier alpha value is -0.790. The van der Waals surface area contributed by atoms with Crippen LogP contribution >= 0.6 is 28.3 Å². The van der Waals surface area contributed by atoms with Gasteiger partial charge < -0.3 is 10.6 Å². The fourth-order valence-electron chi connectivity index (χ4n) is 2.40. The number of benzene rings is 1. The molecular formula is C16H21BrClF3N2O. The first-order valence-electron chi connectivity index (χ1n) is 7.50. The second kappa shape index (κ2) is 8.06. The third kappa shape index (κ3) is 5.93. The van der Waals surface area contributed by atoms with Gasteiger partial charge in [-0.2, -0.15) is 13.2 Å². The maximum Gasteiger partial charge on any atom is 0.390 e. The zero-order valence-electron chi connectivity index (χ0n) is 13.3. The molecule has 1 aromatic carbocycles. The molecular weight excluding hydrogens is 409 g/mol. The molecule has 24 heavy (non-hydrogen) atoms. The number of carbonyl (C=O) groups is 1. The van der Waals surface area contributed by atoms with Gasteiger partial charge in [0.2, 0.25) is 5.91 Å². The first-order chi connectivity index (χ1) is 10.6. The van der Waals surface area contributed by atoms with Gasteiger partial charge in [-0.3, -0.25) is 4.79 Å². The summed E-state index contributed by atoms with van der Waals surface area (Å²) in [4.78, 5) is 14.0. The number of nitrogens with zero attached hydrogens (tertiary/aromatic N) is 1.